The summed E-state index contributed by atoms with van der Waals surface area (Å²) in [5, 5.41) is 6.59. The summed E-state index contributed by atoms with van der Waals surface area (Å²) in [7, 11) is 0. The predicted molar refractivity (Wildman–Crippen MR) is 233 cm³/mol. The second kappa shape index (κ2) is 17.3. The number of imide groups is 1. The van der Waals surface area contributed by atoms with Crippen molar-refractivity contribution in [2.24, 2.45) is 5.73 Å². The number of nitrogens with two attached hydrogens (primary N) is 1. The Kier molecular flexibility index (Phi) is 11.8. The third-order valence-electron chi connectivity index (χ3n) is 13.2. The van der Waals surface area contributed by atoms with E-state index in [-0.39, 0.29) is 79.8 Å². The lowest BCUT2D eigenvalue weighted by Gasteiger charge is -2.48. The van der Waals surface area contributed by atoms with Crippen LogP contribution in [0.3, 0.4) is 0 Å². The third kappa shape index (κ3) is 8.62. The van der Waals surface area contributed by atoms with Crippen LogP contribution in [-0.4, -0.2) is 111 Å². The second-order valence-electron chi connectivity index (χ2n) is 17.8. The average Bonchev–Trinajstić information content (AvgIpc) is 3.56. The van der Waals surface area contributed by atoms with Gasteiger partial charge in [-0.3, -0.25) is 34.2 Å². The molecule has 4 N–H and O–H groups in total. The number of aromatic nitrogens is 3. The van der Waals surface area contributed by atoms with Gasteiger partial charge in [0.15, 0.2) is 18.2 Å². The average molecular weight is 902 g/mol. The van der Waals surface area contributed by atoms with Crippen molar-refractivity contribution in [3.05, 3.63) is 80.7 Å². The van der Waals surface area contributed by atoms with Crippen LogP contribution in [0, 0.1) is 0 Å². The summed E-state index contributed by atoms with van der Waals surface area (Å²) in [6, 6.07) is 11.1. The molecule has 4 aliphatic heterocycles. The molecule has 3 saturated heterocycles. The number of halogens is 3. The summed E-state index contributed by atoms with van der Waals surface area (Å²) in [4.78, 5) is 76.4. The Morgan fingerprint density at radius 1 is 1.02 bits per heavy atom. The van der Waals surface area contributed by atoms with Gasteiger partial charge in [-0.2, -0.15) is 4.98 Å². The number of likely N-dealkylation sites (tertiary alicyclic amines) is 1. The number of pyridine rings is 1. The van der Waals surface area contributed by atoms with Crippen LogP contribution in [0.15, 0.2) is 53.5 Å². The number of benzene rings is 2. The highest BCUT2D eigenvalue weighted by Gasteiger charge is 2.49. The number of amides is 4. The minimum atomic E-state index is -2.97. The first kappa shape index (κ1) is 43.5. The van der Waals surface area contributed by atoms with Crippen molar-refractivity contribution in [1.82, 2.24) is 29.7 Å². The van der Waals surface area contributed by atoms with Crippen LogP contribution in [0.1, 0.15) is 92.2 Å². The number of rotatable bonds is 12. The summed E-state index contributed by atoms with van der Waals surface area (Å²) in [6.07, 6.45) is 5.13. The molecule has 6 heterocycles. The zero-order valence-electron chi connectivity index (χ0n) is 35.5. The maximum Gasteiger partial charge on any atom is 0.293 e. The molecule has 0 bridgehead atoms. The molecule has 4 amide bonds. The van der Waals surface area contributed by atoms with Crippen LogP contribution < -0.4 is 31.6 Å². The van der Waals surface area contributed by atoms with E-state index < -0.39 is 36.3 Å². The van der Waals surface area contributed by atoms with Crippen LogP contribution >= 0.6 is 11.6 Å². The Morgan fingerprint density at radius 2 is 1.80 bits per heavy atom. The number of carbonyl (C=O) groups excluding carboxylic acids is 4. The van der Waals surface area contributed by atoms with Gasteiger partial charge in [-0.05, 0) is 100 Å². The number of ether oxygens (including phenoxy) is 2. The van der Waals surface area contributed by atoms with Crippen molar-refractivity contribution >= 4 is 63.6 Å². The molecule has 1 saturated carbocycles. The van der Waals surface area contributed by atoms with Gasteiger partial charge in [0.2, 0.25) is 17.8 Å². The Bertz CT molecular complexity index is 2580. The number of carbonyl (C=O) groups is 4. The van der Waals surface area contributed by atoms with Crippen LogP contribution in [0.4, 0.5) is 26.2 Å². The molecule has 2 aromatic carbocycles. The zero-order valence-corrected chi connectivity index (χ0v) is 36.3. The van der Waals surface area contributed by atoms with E-state index in [0.717, 1.165) is 12.8 Å². The zero-order chi connectivity index (χ0) is 45.0. The highest BCUT2D eigenvalue weighted by molar-refractivity contribution is 6.33. The fourth-order valence-electron chi connectivity index (χ4n) is 9.81. The van der Waals surface area contributed by atoms with Crippen molar-refractivity contribution in [3.63, 3.8) is 0 Å². The molecule has 19 heteroatoms. The lowest BCUT2D eigenvalue weighted by Crippen LogP contribution is -2.56. The van der Waals surface area contributed by atoms with E-state index in [4.69, 9.17) is 31.8 Å². The first-order valence-electron chi connectivity index (χ1n) is 21.8. The fourth-order valence-corrected chi connectivity index (χ4v) is 9.95. The second-order valence-corrected chi connectivity index (χ2v) is 18.2. The number of piperidine rings is 3. The van der Waals surface area contributed by atoms with E-state index >= 15 is 8.78 Å². The number of fused-ring (bicyclic) bond motifs is 2. The molecule has 1 aliphatic carbocycles. The molecule has 4 aromatic rings. The van der Waals surface area contributed by atoms with E-state index in [1.165, 1.54) is 4.90 Å². The minimum Gasteiger partial charge on any atom is -0.478 e. The smallest absolute Gasteiger partial charge is 0.293 e. The summed E-state index contributed by atoms with van der Waals surface area (Å²) in [6.45, 7) is 4.99. The maximum atomic E-state index is 15.9. The van der Waals surface area contributed by atoms with Gasteiger partial charge in [-0.1, -0.05) is 23.7 Å². The van der Waals surface area contributed by atoms with E-state index in [2.05, 4.69) is 20.5 Å². The molecule has 338 valence electrons. The Labute approximate surface area is 372 Å². The minimum absolute atomic E-state index is 0.0000330. The number of hydrogen-bond donors (Lipinski definition) is 3. The molecular formula is C45H50ClF2N9O7. The molecule has 0 spiro atoms. The van der Waals surface area contributed by atoms with Crippen LogP contribution in [0.5, 0.6) is 5.75 Å². The normalized spacial score (nSPS) is 23.9. The van der Waals surface area contributed by atoms with E-state index in [1.807, 2.05) is 36.9 Å². The SMILES string of the molecule is CC(C)n1c(=O)c(OCC(N)=O)cc2cc(Nc3nc(N4CCC(OC5CC(N6CCC(c7ccc8c(c7)CN(C7CCC(=O)NC7=O)C8=O)C(F)(F)C6)C5)CC4)ncc3Cl)ccc21. The van der Waals surface area contributed by atoms with Crippen molar-refractivity contribution < 1.29 is 37.4 Å². The number of alkyl halides is 2. The van der Waals surface area contributed by atoms with Crippen LogP contribution in [0.2, 0.25) is 5.02 Å². The molecule has 2 atom stereocenters. The van der Waals surface area contributed by atoms with Gasteiger partial charge < -0.3 is 34.9 Å². The topological polar surface area (TPSA) is 194 Å². The molecule has 2 unspecified atom stereocenters. The van der Waals surface area contributed by atoms with Crippen molar-refractivity contribution in [1.29, 1.82) is 0 Å². The van der Waals surface area contributed by atoms with Crippen molar-refractivity contribution in [2.45, 2.75) is 108 Å². The highest BCUT2D eigenvalue weighted by Crippen LogP contribution is 2.44. The molecule has 2 aromatic heterocycles. The van der Waals surface area contributed by atoms with Gasteiger partial charge in [0.25, 0.3) is 23.3 Å². The lowest BCUT2D eigenvalue weighted by molar-refractivity contribution is -0.137. The van der Waals surface area contributed by atoms with Gasteiger partial charge >= 0.3 is 0 Å². The van der Waals surface area contributed by atoms with Crippen LogP contribution in [0.25, 0.3) is 10.9 Å². The number of anilines is 3. The molecule has 0 radical (unpaired) electrons. The number of nitrogens with zero attached hydrogens (tertiary/aromatic N) is 6. The number of primary amides is 1. The predicted octanol–water partition coefficient (Wildman–Crippen LogP) is 5.04. The standard InChI is InChI=1S/C45H50ClF2N9O7/c1-24(2)57-35-6-4-28(16-26(35)17-37(43(57)62)63-22-38(49)58)51-40-34(46)20-50-44(53-40)54-12-9-30(10-13-54)64-31-18-29(19-31)55-14-11-33(45(47,48)23-55)25-3-5-32-27(15-25)21-56(42(32)61)36-7-8-39(59)52-41(36)60/h3-6,15-17,20,24,29-31,33,36H,7-14,18-19,21-23H2,1-2H3,(H2,49,58)(H,50,51,53)(H,52,59,60). The third-order valence-corrected chi connectivity index (χ3v) is 13.4. The largest absolute Gasteiger partial charge is 0.478 e. The first-order chi connectivity index (χ1) is 30.6. The van der Waals surface area contributed by atoms with E-state index in [9.17, 15) is 24.0 Å². The Hall–Kier alpha value is -5.72. The van der Waals surface area contributed by atoms with Gasteiger partial charge in [-0.25, -0.2) is 13.8 Å². The van der Waals surface area contributed by atoms with E-state index in [0.29, 0.717) is 82.5 Å². The summed E-state index contributed by atoms with van der Waals surface area (Å²) in [5.74, 6) is -4.91. The quantitative estimate of drug-likeness (QED) is 0.161. The Morgan fingerprint density at radius 3 is 2.52 bits per heavy atom. The van der Waals surface area contributed by atoms with Gasteiger partial charge in [0, 0.05) is 54.8 Å². The molecular weight excluding hydrogens is 852 g/mol. The summed E-state index contributed by atoms with van der Waals surface area (Å²) < 4.78 is 45.3. The van der Waals surface area contributed by atoms with E-state index in [1.54, 1.807) is 35.0 Å². The monoisotopic (exact) mass is 901 g/mol. The lowest BCUT2D eigenvalue weighted by atomic mass is 9.81. The van der Waals surface area contributed by atoms with Gasteiger partial charge in [-0.15, -0.1) is 0 Å². The Balaban J connectivity index is 0.759. The molecule has 16 nitrogen and oxygen atoms in total. The molecule has 64 heavy (non-hydrogen) atoms. The molecule has 5 aliphatic rings. The van der Waals surface area contributed by atoms with Crippen LogP contribution in [-0.2, 0) is 25.7 Å². The van der Waals surface area contributed by atoms with Gasteiger partial charge in [0.05, 0.1) is 36.4 Å². The summed E-state index contributed by atoms with van der Waals surface area (Å²) >= 11 is 6.56. The van der Waals surface area contributed by atoms with Crippen molar-refractivity contribution in [3.8, 4) is 5.75 Å². The number of hydrogen-bond acceptors (Lipinski definition) is 12. The first-order valence-corrected chi connectivity index (χ1v) is 22.2. The number of nitrogens with one attached hydrogen (secondary N) is 2. The van der Waals surface area contributed by atoms with Crippen molar-refractivity contribution in [2.75, 3.05) is 43.0 Å². The summed E-state index contributed by atoms with van der Waals surface area (Å²) in [5.41, 5.74) is 7.77. The molecule has 9 rings (SSSR count). The highest BCUT2D eigenvalue weighted by atomic mass is 35.5. The molecule has 4 fully saturated rings. The van der Waals surface area contributed by atoms with Gasteiger partial charge in [0.1, 0.15) is 11.1 Å². The fraction of sp³-hybridized carbons (Fsp3) is 0.489. The maximum absolute atomic E-state index is 15.9.